The Labute approximate surface area is 110 Å². The first-order valence-electron chi connectivity index (χ1n) is 5.29. The van der Waals surface area contributed by atoms with Crippen molar-refractivity contribution < 1.29 is 8.42 Å². The van der Waals surface area contributed by atoms with Crippen LogP contribution in [0.15, 0.2) is 41.6 Å². The number of nitrogens with one attached hydrogen (secondary N) is 2. The van der Waals surface area contributed by atoms with E-state index in [9.17, 15) is 8.42 Å². The molecule has 1 aromatic heterocycles. The molecule has 2 N–H and O–H groups in total. The molecule has 0 aliphatic rings. The molecule has 1 aromatic carbocycles. The molecule has 0 unspecified atom stereocenters. The van der Waals surface area contributed by atoms with Crippen molar-refractivity contribution in [1.82, 2.24) is 10.2 Å². The number of halogens is 1. The summed E-state index contributed by atoms with van der Waals surface area (Å²) in [6.07, 6.45) is 2.15. The number of alkyl halides is 1. The number of benzene rings is 1. The first-order valence-corrected chi connectivity index (χ1v) is 7.31. The van der Waals surface area contributed by atoms with Gasteiger partial charge in [-0.2, -0.15) is 13.5 Å². The van der Waals surface area contributed by atoms with Crippen LogP contribution in [-0.4, -0.2) is 24.5 Å². The summed E-state index contributed by atoms with van der Waals surface area (Å²) >= 11 is 5.63. The predicted octanol–water partition coefficient (Wildman–Crippen LogP) is 1.99. The average molecular weight is 286 g/mol. The number of aromatic nitrogens is 2. The Morgan fingerprint density at radius 1 is 1.22 bits per heavy atom. The Kier molecular flexibility index (Phi) is 3.88. The van der Waals surface area contributed by atoms with E-state index in [0.29, 0.717) is 11.6 Å². The fraction of sp³-hybridized carbons (Fsp3) is 0.182. The van der Waals surface area contributed by atoms with Gasteiger partial charge in [-0.25, -0.2) is 0 Å². The maximum atomic E-state index is 11.9. The minimum atomic E-state index is -3.59. The molecule has 2 aromatic rings. The van der Waals surface area contributed by atoms with Crippen molar-refractivity contribution in [3.63, 3.8) is 0 Å². The lowest BCUT2D eigenvalue weighted by molar-refractivity contribution is 0.597. The van der Waals surface area contributed by atoms with Crippen molar-refractivity contribution in [1.29, 1.82) is 0 Å². The van der Waals surface area contributed by atoms with Crippen LogP contribution in [0.4, 0.5) is 5.69 Å². The minimum Gasteiger partial charge on any atom is -0.278 e. The second-order valence-corrected chi connectivity index (χ2v) is 5.69. The van der Waals surface area contributed by atoms with Gasteiger partial charge in [0.1, 0.15) is 0 Å². The maximum Gasteiger partial charge on any atom is 0.278 e. The molecule has 0 atom stereocenters. The molecule has 0 radical (unpaired) electrons. The van der Waals surface area contributed by atoms with Gasteiger partial charge in [-0.3, -0.25) is 9.82 Å². The second kappa shape index (κ2) is 5.41. The zero-order valence-corrected chi connectivity index (χ0v) is 11.0. The molecular weight excluding hydrogens is 274 g/mol. The van der Waals surface area contributed by atoms with Crippen LogP contribution in [0.1, 0.15) is 5.56 Å². The van der Waals surface area contributed by atoms with Gasteiger partial charge in [-0.1, -0.05) is 12.1 Å². The summed E-state index contributed by atoms with van der Waals surface area (Å²) < 4.78 is 26.2. The smallest absolute Gasteiger partial charge is 0.278 e. The van der Waals surface area contributed by atoms with E-state index in [4.69, 9.17) is 11.6 Å². The Bertz CT molecular complexity index is 594. The van der Waals surface area contributed by atoms with Gasteiger partial charge in [0.2, 0.25) is 0 Å². The van der Waals surface area contributed by atoms with Crippen LogP contribution in [-0.2, 0) is 16.4 Å². The Morgan fingerprint density at radius 3 is 2.50 bits per heavy atom. The van der Waals surface area contributed by atoms with E-state index in [2.05, 4.69) is 14.9 Å². The molecule has 18 heavy (non-hydrogen) atoms. The molecule has 0 spiro atoms. The Hall–Kier alpha value is -1.53. The largest absolute Gasteiger partial charge is 0.278 e. The zero-order chi connectivity index (χ0) is 13.0. The van der Waals surface area contributed by atoms with Crippen molar-refractivity contribution in [2.45, 2.75) is 11.4 Å². The number of H-pyrrole nitrogens is 1. The Balaban J connectivity index is 2.14. The normalized spacial score (nSPS) is 11.4. The Morgan fingerprint density at radius 2 is 1.94 bits per heavy atom. The molecule has 96 valence electrons. The van der Waals surface area contributed by atoms with Crippen molar-refractivity contribution in [2.24, 2.45) is 0 Å². The lowest BCUT2D eigenvalue weighted by atomic mass is 10.2. The van der Waals surface area contributed by atoms with Gasteiger partial charge in [0, 0.05) is 11.6 Å². The van der Waals surface area contributed by atoms with Crippen molar-refractivity contribution in [3.05, 3.63) is 42.1 Å². The molecule has 0 amide bonds. The fourth-order valence-corrected chi connectivity index (χ4v) is 2.64. The van der Waals surface area contributed by atoms with Crippen LogP contribution in [0.5, 0.6) is 0 Å². The summed E-state index contributed by atoms with van der Waals surface area (Å²) in [7, 11) is -3.59. The SMILES string of the molecule is O=S(=O)(Nc1ccc(CCCl)cc1)c1ccn[nH]1. The molecule has 1 heterocycles. The maximum absolute atomic E-state index is 11.9. The summed E-state index contributed by atoms with van der Waals surface area (Å²) in [6, 6.07) is 8.48. The van der Waals surface area contributed by atoms with Crippen LogP contribution < -0.4 is 4.72 Å². The first-order chi connectivity index (χ1) is 8.62. The van der Waals surface area contributed by atoms with E-state index in [1.807, 2.05) is 12.1 Å². The van der Waals surface area contributed by atoms with Gasteiger partial charge < -0.3 is 0 Å². The van der Waals surface area contributed by atoms with Crippen LogP contribution in [0.25, 0.3) is 0 Å². The van der Waals surface area contributed by atoms with E-state index < -0.39 is 10.0 Å². The van der Waals surface area contributed by atoms with Crippen molar-refractivity contribution >= 4 is 27.3 Å². The number of hydrogen-bond donors (Lipinski definition) is 2. The summed E-state index contributed by atoms with van der Waals surface area (Å²) in [5.74, 6) is 0.541. The molecule has 0 aliphatic heterocycles. The van der Waals surface area contributed by atoms with E-state index >= 15 is 0 Å². The zero-order valence-electron chi connectivity index (χ0n) is 9.43. The van der Waals surface area contributed by atoms with Gasteiger partial charge in [-0.15, -0.1) is 11.6 Å². The molecule has 0 fully saturated rings. The quantitative estimate of drug-likeness (QED) is 0.825. The van der Waals surface area contributed by atoms with E-state index in [0.717, 1.165) is 12.0 Å². The van der Waals surface area contributed by atoms with Gasteiger partial charge in [-0.05, 0) is 30.2 Å². The number of aromatic amines is 1. The molecule has 0 saturated heterocycles. The van der Waals surface area contributed by atoms with Crippen LogP contribution in [0.3, 0.4) is 0 Å². The summed E-state index contributed by atoms with van der Waals surface area (Å²) in [5, 5.41) is 6.06. The third-order valence-corrected chi connectivity index (χ3v) is 3.85. The van der Waals surface area contributed by atoms with Gasteiger partial charge in [0.25, 0.3) is 10.0 Å². The van der Waals surface area contributed by atoms with Crippen LogP contribution >= 0.6 is 11.6 Å². The summed E-state index contributed by atoms with van der Waals surface area (Å²) in [5.41, 5.74) is 1.57. The van der Waals surface area contributed by atoms with Crippen molar-refractivity contribution in [3.8, 4) is 0 Å². The fourth-order valence-electron chi connectivity index (χ4n) is 1.45. The van der Waals surface area contributed by atoms with Gasteiger partial charge in [0.05, 0.1) is 6.20 Å². The van der Waals surface area contributed by atoms with Crippen molar-refractivity contribution in [2.75, 3.05) is 10.6 Å². The summed E-state index contributed by atoms with van der Waals surface area (Å²) in [6.45, 7) is 0. The second-order valence-electron chi connectivity index (χ2n) is 3.66. The minimum absolute atomic E-state index is 0.0346. The molecule has 5 nitrogen and oxygen atoms in total. The first kappa shape index (κ1) is 12.9. The number of hydrogen-bond acceptors (Lipinski definition) is 3. The van der Waals surface area contributed by atoms with E-state index in [1.54, 1.807) is 12.1 Å². The highest BCUT2D eigenvalue weighted by atomic mass is 35.5. The highest BCUT2D eigenvalue weighted by Gasteiger charge is 2.15. The van der Waals surface area contributed by atoms with Crippen LogP contribution in [0.2, 0.25) is 0 Å². The van der Waals surface area contributed by atoms with Gasteiger partial charge >= 0.3 is 0 Å². The molecule has 0 aliphatic carbocycles. The average Bonchev–Trinajstić information content (AvgIpc) is 2.86. The molecule has 0 saturated carbocycles. The number of aryl methyl sites for hydroxylation is 1. The lowest BCUT2D eigenvalue weighted by Crippen LogP contribution is -2.13. The molecule has 0 bridgehead atoms. The summed E-state index contributed by atoms with van der Waals surface area (Å²) in [4.78, 5) is 0. The lowest BCUT2D eigenvalue weighted by Gasteiger charge is -2.06. The number of anilines is 1. The standard InChI is InChI=1S/C11H12ClN3O2S/c12-7-5-9-1-3-10(4-2-9)15-18(16,17)11-6-8-13-14-11/h1-4,6,8,15H,5,7H2,(H,13,14). The molecule has 2 rings (SSSR count). The van der Waals surface area contributed by atoms with Gasteiger partial charge in [0.15, 0.2) is 5.03 Å². The number of sulfonamides is 1. The van der Waals surface area contributed by atoms with Crippen LogP contribution in [0, 0.1) is 0 Å². The highest BCUT2D eigenvalue weighted by Crippen LogP contribution is 2.15. The third kappa shape index (κ3) is 3.02. The molecular formula is C11H12ClN3O2S. The van der Waals surface area contributed by atoms with E-state index in [-0.39, 0.29) is 5.03 Å². The number of nitrogens with zero attached hydrogens (tertiary/aromatic N) is 1. The topological polar surface area (TPSA) is 74.8 Å². The highest BCUT2D eigenvalue weighted by molar-refractivity contribution is 7.92. The van der Waals surface area contributed by atoms with E-state index in [1.165, 1.54) is 12.3 Å². The predicted molar refractivity (Wildman–Crippen MR) is 70.3 cm³/mol. The third-order valence-electron chi connectivity index (χ3n) is 2.35. The monoisotopic (exact) mass is 285 g/mol. The number of rotatable bonds is 5. The molecule has 7 heteroatoms.